The summed E-state index contributed by atoms with van der Waals surface area (Å²) in [5, 5.41) is 15.7. The molecule has 1 fully saturated rings. The van der Waals surface area contributed by atoms with Crippen LogP contribution in [-0.2, 0) is 6.67 Å². The molecule has 0 spiro atoms. The highest BCUT2D eigenvalue weighted by Crippen LogP contribution is 2.28. The van der Waals surface area contributed by atoms with Gasteiger partial charge in [0, 0.05) is 37.1 Å². The molecule has 7 heteroatoms. The molecule has 3 aromatic carbocycles. The first-order chi connectivity index (χ1) is 17.0. The van der Waals surface area contributed by atoms with Gasteiger partial charge in [-0.3, -0.25) is 9.69 Å². The number of aromatic nitrogens is 2. The van der Waals surface area contributed by atoms with Crippen molar-refractivity contribution in [3.8, 4) is 17.3 Å². The van der Waals surface area contributed by atoms with Crippen LogP contribution >= 0.6 is 0 Å². The van der Waals surface area contributed by atoms with Gasteiger partial charge in [-0.15, -0.1) is 0 Å². The molecule has 1 saturated heterocycles. The predicted octanol–water partition coefficient (Wildman–Crippen LogP) is 4.47. The molecule has 4 aromatic rings. The molecule has 0 N–H and O–H groups in total. The molecule has 0 amide bonds. The average Bonchev–Trinajstić information content (AvgIpc) is 2.87. The molecular formula is C28H26FN5O. The van der Waals surface area contributed by atoms with Gasteiger partial charge in [0.1, 0.15) is 17.4 Å². The molecule has 0 atom stereocenters. The van der Waals surface area contributed by atoms with Crippen molar-refractivity contribution < 1.29 is 4.39 Å². The molecule has 2 heterocycles. The normalized spacial score (nSPS) is 14.3. The third-order valence-electron chi connectivity index (χ3n) is 6.67. The molecule has 1 aliphatic heterocycles. The number of piperazine rings is 1. The van der Waals surface area contributed by atoms with Crippen LogP contribution in [0, 0.1) is 31.0 Å². The summed E-state index contributed by atoms with van der Waals surface area (Å²) < 4.78 is 15.6. The van der Waals surface area contributed by atoms with Gasteiger partial charge in [0.15, 0.2) is 0 Å². The van der Waals surface area contributed by atoms with Crippen LogP contribution in [0.25, 0.3) is 22.0 Å². The van der Waals surface area contributed by atoms with E-state index in [2.05, 4.69) is 36.9 Å². The maximum Gasteiger partial charge on any atom is 0.275 e. The van der Waals surface area contributed by atoms with Crippen LogP contribution in [0.2, 0.25) is 0 Å². The van der Waals surface area contributed by atoms with E-state index < -0.39 is 5.82 Å². The molecule has 0 radical (unpaired) electrons. The fraction of sp³-hybridized carbons (Fsp3) is 0.250. The van der Waals surface area contributed by atoms with Gasteiger partial charge in [-0.2, -0.15) is 10.4 Å². The molecule has 0 saturated carbocycles. The predicted molar refractivity (Wildman–Crippen MR) is 136 cm³/mol. The fourth-order valence-corrected chi connectivity index (χ4v) is 4.73. The van der Waals surface area contributed by atoms with E-state index >= 15 is 0 Å². The van der Waals surface area contributed by atoms with E-state index in [1.54, 1.807) is 16.8 Å². The van der Waals surface area contributed by atoms with E-state index in [1.807, 2.05) is 35.2 Å². The number of nitriles is 1. The maximum atomic E-state index is 14.1. The Kier molecular flexibility index (Phi) is 6.06. The smallest absolute Gasteiger partial charge is 0.275 e. The zero-order valence-electron chi connectivity index (χ0n) is 19.8. The second-order valence-corrected chi connectivity index (χ2v) is 9.01. The summed E-state index contributed by atoms with van der Waals surface area (Å²) in [6.07, 6.45) is 0. The highest BCUT2D eigenvalue weighted by Gasteiger charge is 2.22. The fourth-order valence-electron chi connectivity index (χ4n) is 4.73. The van der Waals surface area contributed by atoms with Gasteiger partial charge < -0.3 is 4.90 Å². The van der Waals surface area contributed by atoms with Crippen LogP contribution in [-0.4, -0.2) is 40.9 Å². The Bertz CT molecular complexity index is 1510. The lowest BCUT2D eigenvalue weighted by Crippen LogP contribution is -2.48. The monoisotopic (exact) mass is 467 g/mol. The summed E-state index contributed by atoms with van der Waals surface area (Å²) in [7, 11) is 0. The van der Waals surface area contributed by atoms with Gasteiger partial charge in [-0.05, 0) is 43.7 Å². The minimum atomic E-state index is -0.502. The lowest BCUT2D eigenvalue weighted by Gasteiger charge is -2.36. The van der Waals surface area contributed by atoms with Crippen LogP contribution in [0.1, 0.15) is 16.7 Å². The number of hydrogen-bond acceptors (Lipinski definition) is 5. The standard InChI is InChI=1S/C28H26FN5O/c1-19-10-11-20(2)23(16-19)27-21-6-3-4-7-22(21)28(35)34(31-27)18-32-12-14-33(15-13-32)26-9-5-8-25(29)24(26)17-30/h3-11,16H,12-15,18H2,1-2H3. The van der Waals surface area contributed by atoms with Crippen molar-refractivity contribution in [2.24, 2.45) is 0 Å². The Labute approximate surface area is 203 Å². The summed E-state index contributed by atoms with van der Waals surface area (Å²) in [6, 6.07) is 20.6. The van der Waals surface area contributed by atoms with Crippen LogP contribution < -0.4 is 10.5 Å². The summed E-state index contributed by atoms with van der Waals surface area (Å²) in [6.45, 7) is 7.07. The molecule has 35 heavy (non-hydrogen) atoms. The topological polar surface area (TPSA) is 65.2 Å². The molecule has 6 nitrogen and oxygen atoms in total. The van der Waals surface area contributed by atoms with Crippen molar-refractivity contribution in [2.45, 2.75) is 20.5 Å². The molecule has 5 rings (SSSR count). The SMILES string of the molecule is Cc1ccc(C)c(-c2nn(CN3CCN(c4cccc(F)c4C#N)CC3)c(=O)c3ccccc23)c1. The third kappa shape index (κ3) is 4.29. The van der Waals surface area contributed by atoms with E-state index in [-0.39, 0.29) is 11.1 Å². The van der Waals surface area contributed by atoms with Crippen molar-refractivity contribution in [1.82, 2.24) is 14.7 Å². The molecule has 1 aliphatic rings. The quantitative estimate of drug-likeness (QED) is 0.443. The van der Waals surface area contributed by atoms with Crippen LogP contribution in [0.3, 0.4) is 0 Å². The second-order valence-electron chi connectivity index (χ2n) is 9.01. The number of halogens is 1. The highest BCUT2D eigenvalue weighted by molar-refractivity contribution is 5.94. The van der Waals surface area contributed by atoms with Crippen molar-refractivity contribution in [1.29, 1.82) is 5.26 Å². The first-order valence-corrected chi connectivity index (χ1v) is 11.7. The molecular weight excluding hydrogens is 441 g/mol. The number of hydrogen-bond donors (Lipinski definition) is 0. The number of benzene rings is 3. The second kappa shape index (κ2) is 9.32. The van der Waals surface area contributed by atoms with Crippen molar-refractivity contribution in [2.75, 3.05) is 31.1 Å². The number of fused-ring (bicyclic) bond motifs is 1. The Morgan fingerprint density at radius 3 is 2.46 bits per heavy atom. The molecule has 0 bridgehead atoms. The van der Waals surface area contributed by atoms with Crippen LogP contribution in [0.4, 0.5) is 10.1 Å². The number of anilines is 1. The van der Waals surface area contributed by atoms with E-state index in [1.165, 1.54) is 6.07 Å². The van der Waals surface area contributed by atoms with E-state index in [0.717, 1.165) is 27.8 Å². The van der Waals surface area contributed by atoms with Crippen molar-refractivity contribution in [3.05, 3.63) is 93.5 Å². The Balaban J connectivity index is 1.45. The van der Waals surface area contributed by atoms with Gasteiger partial charge in [-0.25, -0.2) is 9.07 Å². The minimum Gasteiger partial charge on any atom is -0.368 e. The Morgan fingerprint density at radius 1 is 0.971 bits per heavy atom. The first-order valence-electron chi connectivity index (χ1n) is 11.7. The molecule has 0 aliphatic carbocycles. The zero-order chi connectivity index (χ0) is 24.5. The third-order valence-corrected chi connectivity index (χ3v) is 6.67. The summed E-state index contributed by atoms with van der Waals surface area (Å²) in [4.78, 5) is 17.5. The first kappa shape index (κ1) is 22.8. The van der Waals surface area contributed by atoms with Gasteiger partial charge >= 0.3 is 0 Å². The summed E-state index contributed by atoms with van der Waals surface area (Å²) >= 11 is 0. The average molecular weight is 468 g/mol. The molecule has 0 unspecified atom stereocenters. The zero-order valence-corrected chi connectivity index (χ0v) is 19.8. The number of rotatable bonds is 4. The summed E-state index contributed by atoms with van der Waals surface area (Å²) in [5.41, 5.74) is 4.65. The van der Waals surface area contributed by atoms with E-state index in [9.17, 15) is 14.4 Å². The Hall–Kier alpha value is -4.02. The minimum absolute atomic E-state index is 0.0755. The van der Waals surface area contributed by atoms with E-state index in [0.29, 0.717) is 43.9 Å². The van der Waals surface area contributed by atoms with Crippen LogP contribution in [0.15, 0.2) is 65.5 Å². The lowest BCUT2D eigenvalue weighted by atomic mass is 9.99. The van der Waals surface area contributed by atoms with Gasteiger partial charge in [-0.1, -0.05) is 42.0 Å². The van der Waals surface area contributed by atoms with Crippen molar-refractivity contribution >= 4 is 16.5 Å². The van der Waals surface area contributed by atoms with Gasteiger partial charge in [0.2, 0.25) is 0 Å². The molecule has 1 aromatic heterocycles. The summed E-state index contributed by atoms with van der Waals surface area (Å²) in [5.74, 6) is -0.502. The maximum absolute atomic E-state index is 14.1. The lowest BCUT2D eigenvalue weighted by molar-refractivity contribution is 0.192. The Morgan fingerprint density at radius 2 is 1.71 bits per heavy atom. The van der Waals surface area contributed by atoms with E-state index in [4.69, 9.17) is 5.10 Å². The van der Waals surface area contributed by atoms with Crippen molar-refractivity contribution in [3.63, 3.8) is 0 Å². The largest absolute Gasteiger partial charge is 0.368 e. The van der Waals surface area contributed by atoms with Gasteiger partial charge in [0.25, 0.3) is 5.56 Å². The molecule has 176 valence electrons. The number of aryl methyl sites for hydroxylation is 2. The number of nitrogens with zero attached hydrogens (tertiary/aromatic N) is 5. The van der Waals surface area contributed by atoms with Crippen LogP contribution in [0.5, 0.6) is 0 Å². The highest BCUT2D eigenvalue weighted by atomic mass is 19.1. The van der Waals surface area contributed by atoms with Gasteiger partial charge in [0.05, 0.1) is 23.4 Å².